The van der Waals surface area contributed by atoms with E-state index in [1.54, 1.807) is 85.3 Å². The van der Waals surface area contributed by atoms with Crippen LogP contribution >= 0.6 is 0 Å². The van der Waals surface area contributed by atoms with Crippen LogP contribution in [0.3, 0.4) is 0 Å². The molecular formula is C120H238O18. The molecule has 0 aromatic heterocycles. The van der Waals surface area contributed by atoms with E-state index in [2.05, 4.69) is 145 Å². The molecule has 7 saturated carbocycles. The Morgan fingerprint density at radius 3 is 0.558 bits per heavy atom. The number of methoxy groups -OCH3 is 12. The van der Waals surface area contributed by atoms with Crippen LogP contribution in [0, 0.1) is 94.6 Å². The largest absolute Gasteiger partial charge is 0.384 e. The molecule has 0 spiro atoms. The van der Waals surface area contributed by atoms with Gasteiger partial charge in [-0.3, -0.25) is 0 Å². The van der Waals surface area contributed by atoms with Gasteiger partial charge in [0.1, 0.15) is 0 Å². The van der Waals surface area contributed by atoms with Crippen LogP contribution in [0.4, 0.5) is 0 Å². The van der Waals surface area contributed by atoms with E-state index in [-0.39, 0.29) is 65.0 Å². The van der Waals surface area contributed by atoms with Gasteiger partial charge in [-0.2, -0.15) is 0 Å². The van der Waals surface area contributed by atoms with Crippen molar-refractivity contribution in [1.82, 2.24) is 0 Å². The number of fused-ring (bicyclic) bond motifs is 2. The van der Waals surface area contributed by atoms with Crippen molar-refractivity contribution in [3.05, 3.63) is 0 Å². The molecule has 0 N–H and O–H groups in total. The van der Waals surface area contributed by atoms with Crippen LogP contribution in [0.15, 0.2) is 0 Å². The van der Waals surface area contributed by atoms with Gasteiger partial charge in [0, 0.05) is 118 Å². The summed E-state index contributed by atoms with van der Waals surface area (Å²) in [5.41, 5.74) is 0.248. The lowest BCUT2D eigenvalue weighted by Gasteiger charge is -2.47. The van der Waals surface area contributed by atoms with Crippen molar-refractivity contribution >= 4 is 0 Å². The summed E-state index contributed by atoms with van der Waals surface area (Å²) in [6.07, 6.45) is 62.0. The monoisotopic (exact) mass is 1970 g/mol. The van der Waals surface area contributed by atoms with Gasteiger partial charge in [0.05, 0.1) is 156 Å². The minimum absolute atomic E-state index is 0.0624. The van der Waals surface area contributed by atoms with Gasteiger partial charge in [0.2, 0.25) is 0 Å². The Hall–Kier alpha value is -0.720. The van der Waals surface area contributed by atoms with Gasteiger partial charge in [-0.05, 0) is 158 Å². The highest BCUT2D eigenvalue weighted by Gasteiger charge is 2.52. The minimum atomic E-state index is -0.101. The van der Waals surface area contributed by atoms with Gasteiger partial charge in [0.15, 0.2) is 0 Å². The van der Waals surface area contributed by atoms with E-state index >= 15 is 0 Å². The Morgan fingerprint density at radius 2 is 0.391 bits per heavy atom. The standard InChI is InChI=1S/C23H46O3.2C21H42O3.C19H38O3.C18H34O3.C18H36O3/c1-6-22(2,3)23(18-24-4,19-25-5)20-26-21-16-14-12-10-8-7-9-11-13-15-17-21;1-9-20(5,6)21(13-22-7,14-23-8)15-24-19-11-10-17(4)12-18(19)16(2)3;1-6-20(2,3)21(16-22-4,17-23-5)18-24-19-14-12-10-8-7-9-11-13-15-19;1-6-18(2,3)19(14-20-4,15-21-5)16-22-17-12-10-8-7-9-11-13-17;1-6-17(2,3)18(11-19-4,12-20-5)13-21-16-10-14-7-8-15(16)9-14;1-6-17(2,3)18(13-19-4,14-20-5)15-21-16-11-9-7-8-10-12-16/h21H,6-20H2,1-5H3;16-19H,9-15H2,1-8H3;19H,6-18H2,1-5H3;17H,6-16H2,1-5H3;14-16H,6-13H2,1-5H3;16H,6-15H2,1-5H3. The lowest BCUT2D eigenvalue weighted by Crippen LogP contribution is -2.50. The molecule has 0 aromatic carbocycles. The molecule has 18 heteroatoms. The molecule has 6 atom stereocenters. The fraction of sp³-hybridized carbons (Fsp3) is 1.00. The van der Waals surface area contributed by atoms with Crippen LogP contribution in [-0.2, 0) is 85.3 Å². The molecule has 0 aliphatic heterocycles. The van der Waals surface area contributed by atoms with Crippen LogP contribution in [0.1, 0.15) is 441 Å². The van der Waals surface area contributed by atoms with E-state index in [0.717, 1.165) is 95.9 Å². The molecule has 7 fully saturated rings. The maximum absolute atomic E-state index is 6.60. The summed E-state index contributed by atoms with van der Waals surface area (Å²) in [6, 6.07) is 0. The number of ether oxygens (including phenoxy) is 18. The summed E-state index contributed by atoms with van der Waals surface area (Å²) in [5, 5.41) is 0. The van der Waals surface area contributed by atoms with E-state index in [1.165, 1.54) is 257 Å². The first-order valence-electron chi connectivity index (χ1n) is 57.3. The second kappa shape index (κ2) is 71.9. The lowest BCUT2D eigenvalue weighted by atomic mass is 9.65. The van der Waals surface area contributed by atoms with E-state index in [0.29, 0.717) is 128 Å². The topological polar surface area (TPSA) is 166 Å². The lowest BCUT2D eigenvalue weighted by molar-refractivity contribution is -0.147. The highest BCUT2D eigenvalue weighted by Crippen LogP contribution is 2.52. The molecule has 2 bridgehead atoms. The highest BCUT2D eigenvalue weighted by molar-refractivity contribution is 5.00. The zero-order valence-electron chi connectivity index (χ0n) is 98.0. The Labute approximate surface area is 856 Å². The Bertz CT molecular complexity index is 2790. The number of rotatable bonds is 55. The van der Waals surface area contributed by atoms with Gasteiger partial charge in [-0.15, -0.1) is 0 Å². The van der Waals surface area contributed by atoms with Gasteiger partial charge in [0.25, 0.3) is 0 Å². The van der Waals surface area contributed by atoms with Crippen LogP contribution < -0.4 is 0 Å². The minimum Gasteiger partial charge on any atom is -0.384 e. The normalized spacial score (nSPS) is 22.0. The molecule has 0 amide bonds. The maximum Gasteiger partial charge on any atom is 0.0606 e. The summed E-state index contributed by atoms with van der Waals surface area (Å²) in [6.45, 7) is 61.0. The van der Waals surface area contributed by atoms with E-state index in [9.17, 15) is 0 Å². The van der Waals surface area contributed by atoms with Crippen molar-refractivity contribution in [2.24, 2.45) is 94.6 Å². The predicted molar refractivity (Wildman–Crippen MR) is 579 cm³/mol. The number of hydrogen-bond donors (Lipinski definition) is 0. The molecule has 138 heavy (non-hydrogen) atoms. The second-order valence-electron chi connectivity index (χ2n) is 49.4. The molecule has 18 nitrogen and oxygen atoms in total. The van der Waals surface area contributed by atoms with Crippen molar-refractivity contribution < 1.29 is 85.3 Å². The summed E-state index contributed by atoms with van der Waals surface area (Å²) < 4.78 is 106. The van der Waals surface area contributed by atoms with E-state index in [4.69, 9.17) is 85.3 Å². The summed E-state index contributed by atoms with van der Waals surface area (Å²) >= 11 is 0. The molecule has 7 aliphatic rings. The molecule has 0 saturated heterocycles. The zero-order valence-corrected chi connectivity index (χ0v) is 98.0. The molecule has 6 unspecified atom stereocenters. The van der Waals surface area contributed by atoms with Crippen LogP contribution in [0.5, 0.6) is 0 Å². The van der Waals surface area contributed by atoms with Gasteiger partial charge in [-0.1, -0.05) is 344 Å². The first-order chi connectivity index (χ1) is 65.7. The van der Waals surface area contributed by atoms with Crippen molar-refractivity contribution in [3.8, 4) is 0 Å². The third-order valence-electron chi connectivity index (χ3n) is 37.6. The molecule has 0 aromatic rings. The van der Waals surface area contributed by atoms with Gasteiger partial charge < -0.3 is 85.3 Å². The summed E-state index contributed by atoms with van der Waals surface area (Å²) in [5.74, 6) is 3.91. The fourth-order valence-electron chi connectivity index (χ4n) is 23.4. The zero-order chi connectivity index (χ0) is 103. The van der Waals surface area contributed by atoms with Crippen molar-refractivity contribution in [2.45, 2.75) is 477 Å². The smallest absolute Gasteiger partial charge is 0.0606 e. The number of hydrogen-bond acceptors (Lipinski definition) is 18. The SMILES string of the molecule is CCC(C)(C)C(COC)(COC)COC1CC2CCC1C2.CCC(C)(C)C(COC)(COC)COC1CCC(C)CC1C(C)C.CCC(C)(C)C(COC)(COC)COC1CCCCCC1.CCC(C)(C)C(COC)(COC)COC1CCCCCCC1.CCC(C)(C)C(COC)(COC)COC1CCCCCCCCC1.CCC(C)(C)C(COC)(COC)COC1CCCCCCCCCCC1. The molecule has 0 heterocycles. The first kappa shape index (κ1) is 133. The van der Waals surface area contributed by atoms with E-state index < -0.39 is 0 Å². The Balaban J connectivity index is 0.000000561. The molecular weight excluding hydrogens is 1730 g/mol. The van der Waals surface area contributed by atoms with Crippen molar-refractivity contribution in [2.75, 3.05) is 204 Å². The Kier molecular flexibility index (Phi) is 69.4. The van der Waals surface area contributed by atoms with Gasteiger partial charge >= 0.3 is 0 Å². The fourth-order valence-corrected chi connectivity index (χ4v) is 23.4. The molecule has 826 valence electrons. The van der Waals surface area contributed by atoms with Crippen molar-refractivity contribution in [1.29, 1.82) is 0 Å². The average Bonchev–Trinajstić information content (AvgIpc) is 1.41. The third kappa shape index (κ3) is 44.4. The average molecular weight is 1970 g/mol. The highest BCUT2D eigenvalue weighted by atomic mass is 16.5. The van der Waals surface area contributed by atoms with Crippen LogP contribution in [0.2, 0.25) is 0 Å². The molecule has 0 radical (unpaired) electrons. The van der Waals surface area contributed by atoms with Gasteiger partial charge in [-0.25, -0.2) is 0 Å². The quantitative estimate of drug-likeness (QED) is 0.0527. The molecule has 7 aliphatic carbocycles. The Morgan fingerprint density at radius 1 is 0.203 bits per heavy atom. The van der Waals surface area contributed by atoms with Crippen molar-refractivity contribution in [3.63, 3.8) is 0 Å². The van der Waals surface area contributed by atoms with Crippen LogP contribution in [-0.4, -0.2) is 241 Å². The predicted octanol–water partition coefficient (Wildman–Crippen LogP) is 30.4. The second-order valence-corrected chi connectivity index (χ2v) is 49.4. The third-order valence-corrected chi connectivity index (χ3v) is 37.6. The van der Waals surface area contributed by atoms with E-state index in [1.807, 2.05) is 0 Å². The summed E-state index contributed by atoms with van der Waals surface area (Å²) in [7, 11) is 21.4. The van der Waals surface area contributed by atoms with Crippen LogP contribution in [0.25, 0.3) is 0 Å². The molecule has 7 rings (SSSR count). The first-order valence-corrected chi connectivity index (χ1v) is 57.3. The summed E-state index contributed by atoms with van der Waals surface area (Å²) in [4.78, 5) is 0. The maximum atomic E-state index is 6.60.